The Morgan fingerprint density at radius 1 is 0.378 bits per heavy atom. The van der Waals surface area contributed by atoms with E-state index in [0.29, 0.717) is 5.56 Å². The third-order valence-corrected chi connectivity index (χ3v) is 15.3. The quantitative estimate of drug-likeness (QED) is 0.117. The van der Waals surface area contributed by atoms with Crippen LogP contribution in [0.25, 0.3) is 138 Å². The van der Waals surface area contributed by atoms with Gasteiger partial charge >= 0.3 is 0 Å². The smallest absolute Gasteiger partial charge is 0.294 e. The van der Waals surface area contributed by atoms with Crippen LogP contribution in [-0.4, -0.2) is 32.5 Å². The average molecular weight is 971 g/mol. The molecule has 8 heteroatoms. The van der Waals surface area contributed by atoms with Gasteiger partial charge in [-0.15, -0.1) is 0 Å². The first-order valence-electron chi connectivity index (χ1n) is 24.5. The monoisotopic (exact) mass is 970 g/mol. The number of nitrogens with zero attached hydrogens (tertiary/aromatic N) is 3. The molecular weight excluding hydrogens is 929 g/mol. The second kappa shape index (κ2) is 17.1. The van der Waals surface area contributed by atoms with E-state index in [-0.39, 0.29) is 4.90 Å². The second-order valence-electron chi connectivity index (χ2n) is 18.9. The lowest BCUT2D eigenvalue weighted by atomic mass is 9.83. The first-order valence-corrected chi connectivity index (χ1v) is 26.0. The highest BCUT2D eigenvalue weighted by Crippen LogP contribution is 2.47. The molecule has 2 aromatic heterocycles. The van der Waals surface area contributed by atoms with Crippen molar-refractivity contribution in [1.82, 2.24) is 19.5 Å². The van der Waals surface area contributed by atoms with Crippen LogP contribution in [0.4, 0.5) is 0 Å². The number of rotatable bonds is 8. The number of hydrogen-bond donors (Lipinski definition) is 2. The molecule has 12 aromatic carbocycles. The molecule has 0 spiro atoms. The largest absolute Gasteiger partial charge is 0.338 e. The Kier molecular flexibility index (Phi) is 10.0. The third kappa shape index (κ3) is 7.43. The standard InChI is InChI=1S/C66H42N4O3S/c71-74(72,73)54-15-9-14-48(38-54)44-28-32-53(33-29-44)70-62-19-8-7-18-61(62)69-66(70)45-24-20-43(21-25-45)49-30-34-55-57(39-49)63(50-26-22-41-10-1-3-12-46(41)36-50)56-35-31-52(65-67-59-16-5-6-17-60(59)68-65)40-58(56)64(55)51-27-23-42-11-2-4-13-47(42)37-51/h1-40H,(H,67,68)(H,71,72,73). The van der Waals surface area contributed by atoms with Crippen LogP contribution in [0, 0.1) is 0 Å². The molecule has 0 amide bonds. The zero-order valence-electron chi connectivity index (χ0n) is 39.6. The van der Waals surface area contributed by atoms with Crippen LogP contribution in [0.1, 0.15) is 0 Å². The lowest BCUT2D eigenvalue weighted by Crippen LogP contribution is -1.99. The molecule has 0 atom stereocenters. The van der Waals surface area contributed by atoms with Crippen molar-refractivity contribution < 1.29 is 13.0 Å². The van der Waals surface area contributed by atoms with Crippen LogP contribution in [0.15, 0.2) is 248 Å². The maximum atomic E-state index is 11.9. The van der Waals surface area contributed by atoms with Gasteiger partial charge in [0.15, 0.2) is 0 Å². The molecule has 7 nitrogen and oxygen atoms in total. The van der Waals surface area contributed by atoms with Gasteiger partial charge in [0.2, 0.25) is 0 Å². The molecule has 0 aliphatic carbocycles. The first kappa shape index (κ1) is 43.3. The summed E-state index contributed by atoms with van der Waals surface area (Å²) in [5, 5.41) is 9.37. The second-order valence-corrected chi connectivity index (χ2v) is 20.3. The lowest BCUT2D eigenvalue weighted by Gasteiger charge is -2.20. The average Bonchev–Trinajstić information content (AvgIpc) is 4.11. The van der Waals surface area contributed by atoms with Crippen LogP contribution in [0.2, 0.25) is 0 Å². The van der Waals surface area contributed by atoms with Crippen LogP contribution in [0.3, 0.4) is 0 Å². The van der Waals surface area contributed by atoms with Crippen molar-refractivity contribution in [2.24, 2.45) is 0 Å². The summed E-state index contributed by atoms with van der Waals surface area (Å²) in [7, 11) is -4.34. The van der Waals surface area contributed by atoms with E-state index < -0.39 is 10.1 Å². The highest BCUT2D eigenvalue weighted by Gasteiger charge is 2.21. The van der Waals surface area contributed by atoms with Crippen molar-refractivity contribution in [3.63, 3.8) is 0 Å². The number of imidazole rings is 2. The molecule has 0 saturated heterocycles. The Balaban J connectivity index is 0.934. The van der Waals surface area contributed by atoms with Crippen LogP contribution >= 0.6 is 0 Å². The van der Waals surface area contributed by atoms with Crippen molar-refractivity contribution in [1.29, 1.82) is 0 Å². The summed E-state index contributed by atoms with van der Waals surface area (Å²) in [6.45, 7) is 0. The number of aromatic amines is 1. The molecular formula is C66H42N4O3S. The van der Waals surface area contributed by atoms with E-state index in [2.05, 4.69) is 167 Å². The predicted molar refractivity (Wildman–Crippen MR) is 303 cm³/mol. The van der Waals surface area contributed by atoms with Gasteiger partial charge in [-0.2, -0.15) is 8.42 Å². The van der Waals surface area contributed by atoms with Gasteiger partial charge in [0.1, 0.15) is 11.6 Å². The fourth-order valence-corrected chi connectivity index (χ4v) is 11.4. The summed E-state index contributed by atoms with van der Waals surface area (Å²) < 4.78 is 35.7. The van der Waals surface area contributed by atoms with Crippen molar-refractivity contribution in [3.8, 4) is 73.0 Å². The minimum absolute atomic E-state index is 0.145. The molecule has 74 heavy (non-hydrogen) atoms. The SMILES string of the molecule is O=S(=O)(O)c1cccc(-c2ccc(-n3c(-c4ccc(-c5ccc6c(-c7ccc8ccccc8c7)c7cc(-c8nc9ccccc9[nH]8)ccc7c(-c7ccc8ccccc8c7)c6c5)cc4)nc4ccccc43)cc2)c1. The van der Waals surface area contributed by atoms with Crippen molar-refractivity contribution >= 4 is 75.3 Å². The van der Waals surface area contributed by atoms with E-state index in [1.807, 2.05) is 66.7 Å². The minimum atomic E-state index is -4.34. The topological polar surface area (TPSA) is 101 Å². The van der Waals surface area contributed by atoms with Crippen LogP contribution < -0.4 is 0 Å². The number of fused-ring (bicyclic) bond motifs is 6. The predicted octanol–water partition coefficient (Wildman–Crippen LogP) is 16.8. The summed E-state index contributed by atoms with van der Waals surface area (Å²) in [4.78, 5) is 13.7. The molecule has 14 rings (SSSR count). The fraction of sp³-hybridized carbons (Fsp3) is 0. The Bertz CT molecular complexity index is 4660. The van der Waals surface area contributed by atoms with Crippen molar-refractivity contribution in [2.45, 2.75) is 4.90 Å². The van der Waals surface area contributed by atoms with Gasteiger partial charge in [-0.25, -0.2) is 9.97 Å². The molecule has 0 unspecified atom stereocenters. The fourth-order valence-electron chi connectivity index (χ4n) is 10.9. The van der Waals surface area contributed by atoms with Gasteiger partial charge in [0, 0.05) is 16.8 Å². The highest BCUT2D eigenvalue weighted by molar-refractivity contribution is 7.85. The lowest BCUT2D eigenvalue weighted by molar-refractivity contribution is 0.483. The van der Waals surface area contributed by atoms with Gasteiger partial charge in [0.25, 0.3) is 10.1 Å². The summed E-state index contributed by atoms with van der Waals surface area (Å²) in [6, 6.07) is 83.7. The Morgan fingerprint density at radius 3 is 1.54 bits per heavy atom. The molecule has 0 aliphatic heterocycles. The molecule has 0 radical (unpaired) electrons. The molecule has 0 saturated carbocycles. The minimum Gasteiger partial charge on any atom is -0.338 e. The Morgan fingerprint density at radius 2 is 0.892 bits per heavy atom. The van der Waals surface area contributed by atoms with E-state index in [4.69, 9.17) is 9.97 Å². The van der Waals surface area contributed by atoms with Gasteiger partial charge in [-0.1, -0.05) is 170 Å². The molecule has 0 fully saturated rings. The number of hydrogen-bond acceptors (Lipinski definition) is 4. The number of H-pyrrole nitrogens is 1. The van der Waals surface area contributed by atoms with Gasteiger partial charge in [-0.05, 0) is 160 Å². The summed E-state index contributed by atoms with van der Waals surface area (Å²) in [5.74, 6) is 1.63. The molecule has 350 valence electrons. The number of benzene rings is 12. The summed E-state index contributed by atoms with van der Waals surface area (Å²) in [5.41, 5.74) is 14.9. The first-order chi connectivity index (χ1) is 36.3. The molecule has 2 N–H and O–H groups in total. The van der Waals surface area contributed by atoms with Gasteiger partial charge < -0.3 is 4.98 Å². The number of para-hydroxylation sites is 4. The highest BCUT2D eigenvalue weighted by atomic mass is 32.2. The van der Waals surface area contributed by atoms with E-state index >= 15 is 0 Å². The van der Waals surface area contributed by atoms with E-state index in [0.717, 1.165) is 99.9 Å². The molecule has 0 bridgehead atoms. The van der Waals surface area contributed by atoms with Gasteiger partial charge in [-0.3, -0.25) is 9.12 Å². The maximum absolute atomic E-state index is 11.9. The van der Waals surface area contributed by atoms with E-state index in [9.17, 15) is 13.0 Å². The Hall–Kier alpha value is -9.47. The van der Waals surface area contributed by atoms with Crippen molar-refractivity contribution in [2.75, 3.05) is 0 Å². The normalized spacial score (nSPS) is 12.0. The number of aromatic nitrogens is 4. The summed E-state index contributed by atoms with van der Waals surface area (Å²) in [6.07, 6.45) is 0. The van der Waals surface area contributed by atoms with Crippen molar-refractivity contribution in [3.05, 3.63) is 243 Å². The third-order valence-electron chi connectivity index (χ3n) is 14.5. The molecule has 2 heterocycles. The van der Waals surface area contributed by atoms with E-state index in [1.165, 1.54) is 44.8 Å². The van der Waals surface area contributed by atoms with Crippen LogP contribution in [-0.2, 0) is 10.1 Å². The number of nitrogens with one attached hydrogen (secondary N) is 1. The maximum Gasteiger partial charge on any atom is 0.294 e. The van der Waals surface area contributed by atoms with Gasteiger partial charge in [0.05, 0.1) is 27.0 Å². The molecule has 0 aliphatic rings. The Labute approximate surface area is 426 Å². The van der Waals surface area contributed by atoms with Crippen LogP contribution in [0.5, 0.6) is 0 Å². The summed E-state index contributed by atoms with van der Waals surface area (Å²) >= 11 is 0. The molecule has 14 aromatic rings. The zero-order chi connectivity index (χ0) is 49.5. The van der Waals surface area contributed by atoms with E-state index in [1.54, 1.807) is 6.07 Å². The zero-order valence-corrected chi connectivity index (χ0v) is 40.4.